The predicted molar refractivity (Wildman–Crippen MR) is 118 cm³/mol. The van der Waals surface area contributed by atoms with Crippen LogP contribution in [0.15, 0.2) is 47.7 Å². The van der Waals surface area contributed by atoms with E-state index in [0.717, 1.165) is 24.0 Å². The fourth-order valence-electron chi connectivity index (χ4n) is 4.07. The van der Waals surface area contributed by atoms with E-state index in [1.54, 1.807) is 23.9 Å². The third-order valence-corrected chi connectivity index (χ3v) is 5.74. The van der Waals surface area contributed by atoms with E-state index in [2.05, 4.69) is 25.5 Å². The molecule has 0 aliphatic heterocycles. The van der Waals surface area contributed by atoms with Crippen molar-refractivity contribution in [2.75, 3.05) is 11.1 Å². The number of rotatable bonds is 5. The third-order valence-electron chi connectivity index (χ3n) is 5.74. The summed E-state index contributed by atoms with van der Waals surface area (Å²) in [7, 11) is 0. The van der Waals surface area contributed by atoms with E-state index in [0.29, 0.717) is 22.7 Å². The van der Waals surface area contributed by atoms with E-state index in [4.69, 9.17) is 5.73 Å². The first kappa shape index (κ1) is 21.0. The van der Waals surface area contributed by atoms with Crippen molar-refractivity contribution in [1.29, 1.82) is 0 Å². The molecule has 170 valence electrons. The second-order valence-electron chi connectivity index (χ2n) is 8.09. The maximum absolute atomic E-state index is 13.7. The van der Waals surface area contributed by atoms with E-state index in [9.17, 15) is 18.0 Å². The number of halogens is 3. The molecule has 0 saturated heterocycles. The Morgan fingerprint density at radius 2 is 2.06 bits per heavy atom. The Labute approximate surface area is 185 Å². The number of H-pyrrole nitrogens is 1. The van der Waals surface area contributed by atoms with E-state index >= 15 is 0 Å². The van der Waals surface area contributed by atoms with Gasteiger partial charge in [0.05, 0.1) is 17.6 Å². The number of pyridine rings is 1. The maximum atomic E-state index is 13.7. The molecule has 4 aromatic rings. The minimum atomic E-state index is -4.66. The van der Waals surface area contributed by atoms with E-state index < -0.39 is 23.6 Å². The number of hydrogen-bond donors (Lipinski definition) is 3. The van der Waals surface area contributed by atoms with Gasteiger partial charge in [0.25, 0.3) is 5.56 Å². The average Bonchev–Trinajstić information content (AvgIpc) is 3.44. The molecule has 8 nitrogen and oxygen atoms in total. The van der Waals surface area contributed by atoms with Crippen molar-refractivity contribution in [2.24, 2.45) is 0 Å². The molecule has 0 spiro atoms. The molecule has 1 saturated carbocycles. The summed E-state index contributed by atoms with van der Waals surface area (Å²) in [5.74, 6) is -0.704. The van der Waals surface area contributed by atoms with Gasteiger partial charge in [-0.25, -0.2) is 4.98 Å². The fraction of sp³-hybridized carbons (Fsp3) is 0.273. The maximum Gasteiger partial charge on any atom is 0.421 e. The zero-order chi connectivity index (χ0) is 23.3. The van der Waals surface area contributed by atoms with Crippen LogP contribution < -0.4 is 16.6 Å². The van der Waals surface area contributed by atoms with Crippen molar-refractivity contribution in [3.8, 4) is 11.1 Å². The molecule has 1 aliphatic rings. The minimum Gasteiger partial charge on any atom is -0.368 e. The van der Waals surface area contributed by atoms with Crippen LogP contribution in [0.2, 0.25) is 0 Å². The number of nitrogens with zero attached hydrogens (tertiary/aromatic N) is 4. The largest absolute Gasteiger partial charge is 0.421 e. The van der Waals surface area contributed by atoms with Crippen LogP contribution in [0, 0.1) is 0 Å². The van der Waals surface area contributed by atoms with Crippen molar-refractivity contribution in [2.45, 2.75) is 38.0 Å². The predicted octanol–water partition coefficient (Wildman–Crippen LogP) is 4.29. The number of aromatic amines is 1. The van der Waals surface area contributed by atoms with Crippen LogP contribution in [0.25, 0.3) is 21.9 Å². The molecule has 0 bridgehead atoms. The molecule has 3 heterocycles. The second-order valence-corrected chi connectivity index (χ2v) is 8.09. The lowest BCUT2D eigenvalue weighted by Crippen LogP contribution is -2.27. The summed E-state index contributed by atoms with van der Waals surface area (Å²) in [6.45, 7) is 1.69. The lowest BCUT2D eigenvalue weighted by atomic mass is 10.00. The molecule has 5 rings (SSSR count). The summed E-state index contributed by atoms with van der Waals surface area (Å²) in [6, 6.07) is 6.69. The standard InChI is InChI=1S/C22H20F3N7O/c1-11(30-19-16(22(23,24)25)10-27-21(26)31-19)17-7-12-3-2-4-15(13-8-28-29-9-13)18(12)20(33)32(17)14-5-6-14/h2-4,7-11,14H,5-6H2,1H3,(H,28,29)(H3,26,27,30,31)/t11-/m0/s1. The molecule has 0 unspecified atom stereocenters. The first-order valence-electron chi connectivity index (χ1n) is 10.4. The summed E-state index contributed by atoms with van der Waals surface area (Å²) in [5, 5.41) is 10.8. The van der Waals surface area contributed by atoms with Crippen molar-refractivity contribution < 1.29 is 13.2 Å². The van der Waals surface area contributed by atoms with Gasteiger partial charge >= 0.3 is 6.18 Å². The first-order valence-corrected chi connectivity index (χ1v) is 10.4. The quantitative estimate of drug-likeness (QED) is 0.414. The van der Waals surface area contributed by atoms with Crippen LogP contribution in [-0.4, -0.2) is 24.7 Å². The molecule has 0 radical (unpaired) electrons. The highest BCUT2D eigenvalue weighted by Crippen LogP contribution is 2.39. The van der Waals surface area contributed by atoms with Gasteiger partial charge in [0, 0.05) is 29.7 Å². The Morgan fingerprint density at radius 3 is 2.73 bits per heavy atom. The second kappa shape index (κ2) is 7.61. The molecule has 3 aromatic heterocycles. The Kier molecular flexibility index (Phi) is 4.84. The number of nitrogens with one attached hydrogen (secondary N) is 2. The number of aromatic nitrogens is 5. The summed E-state index contributed by atoms with van der Waals surface area (Å²) in [4.78, 5) is 20.9. The van der Waals surface area contributed by atoms with Crippen LogP contribution in [-0.2, 0) is 6.18 Å². The minimum absolute atomic E-state index is 0.00360. The molecule has 33 heavy (non-hydrogen) atoms. The van der Waals surface area contributed by atoms with Gasteiger partial charge in [-0.2, -0.15) is 23.3 Å². The molecule has 4 N–H and O–H groups in total. The summed E-state index contributed by atoms with van der Waals surface area (Å²) in [6.07, 6.45) is 1.01. The lowest BCUT2D eigenvalue weighted by molar-refractivity contribution is -0.137. The molecule has 1 atom stereocenters. The van der Waals surface area contributed by atoms with Crippen molar-refractivity contribution in [1.82, 2.24) is 24.7 Å². The van der Waals surface area contributed by atoms with Gasteiger partial charge in [-0.3, -0.25) is 9.89 Å². The van der Waals surface area contributed by atoms with Crippen molar-refractivity contribution in [3.05, 3.63) is 64.5 Å². The van der Waals surface area contributed by atoms with E-state index in [1.807, 2.05) is 24.3 Å². The molecule has 1 aromatic carbocycles. The monoisotopic (exact) mass is 455 g/mol. The Morgan fingerprint density at radius 1 is 1.27 bits per heavy atom. The molecule has 0 amide bonds. The number of benzene rings is 1. The molecule has 1 fully saturated rings. The highest BCUT2D eigenvalue weighted by atomic mass is 19.4. The summed E-state index contributed by atoms with van der Waals surface area (Å²) < 4.78 is 42.1. The molecule has 11 heteroatoms. The van der Waals surface area contributed by atoms with Gasteiger partial charge in [0.2, 0.25) is 5.95 Å². The number of nitrogens with two attached hydrogens (primary N) is 1. The molecular weight excluding hydrogens is 435 g/mol. The Bertz CT molecular complexity index is 1390. The third kappa shape index (κ3) is 3.79. The van der Waals surface area contributed by atoms with Crippen LogP contribution in [0.1, 0.15) is 43.1 Å². The van der Waals surface area contributed by atoms with Crippen LogP contribution in [0.3, 0.4) is 0 Å². The van der Waals surface area contributed by atoms with Gasteiger partial charge in [-0.1, -0.05) is 18.2 Å². The van der Waals surface area contributed by atoms with Gasteiger partial charge in [0.1, 0.15) is 11.4 Å². The van der Waals surface area contributed by atoms with Gasteiger partial charge in [-0.05, 0) is 36.8 Å². The number of hydrogen-bond acceptors (Lipinski definition) is 6. The van der Waals surface area contributed by atoms with Gasteiger partial charge in [-0.15, -0.1) is 0 Å². The highest BCUT2D eigenvalue weighted by molar-refractivity contribution is 5.96. The number of alkyl halides is 3. The van der Waals surface area contributed by atoms with Gasteiger partial charge in [0.15, 0.2) is 0 Å². The van der Waals surface area contributed by atoms with E-state index in [1.165, 1.54) is 0 Å². The summed E-state index contributed by atoms with van der Waals surface area (Å²) >= 11 is 0. The van der Waals surface area contributed by atoms with Crippen LogP contribution in [0.4, 0.5) is 24.9 Å². The summed E-state index contributed by atoms with van der Waals surface area (Å²) in [5.41, 5.74) is 6.44. The van der Waals surface area contributed by atoms with Gasteiger partial charge < -0.3 is 15.6 Å². The SMILES string of the molecule is C[C@H](Nc1nc(N)ncc1C(F)(F)F)c1cc2cccc(-c3cn[nH]c3)c2c(=O)n1C1CC1. The fourth-order valence-corrected chi connectivity index (χ4v) is 4.07. The molecular formula is C22H20F3N7O. The van der Waals surface area contributed by atoms with E-state index in [-0.39, 0.29) is 17.5 Å². The first-order chi connectivity index (χ1) is 15.7. The zero-order valence-corrected chi connectivity index (χ0v) is 17.5. The van der Waals surface area contributed by atoms with Crippen molar-refractivity contribution in [3.63, 3.8) is 0 Å². The number of fused-ring (bicyclic) bond motifs is 1. The normalized spacial score (nSPS) is 15.0. The number of anilines is 2. The lowest BCUT2D eigenvalue weighted by Gasteiger charge is -2.23. The zero-order valence-electron chi connectivity index (χ0n) is 17.5. The molecule has 1 aliphatic carbocycles. The van der Waals surface area contributed by atoms with Crippen LogP contribution in [0.5, 0.6) is 0 Å². The smallest absolute Gasteiger partial charge is 0.368 e. The number of nitrogen functional groups attached to an aromatic ring is 1. The average molecular weight is 455 g/mol. The van der Waals surface area contributed by atoms with Crippen molar-refractivity contribution >= 4 is 22.5 Å². The Hall–Kier alpha value is -3.89. The Balaban J connectivity index is 1.65. The topological polar surface area (TPSA) is 115 Å². The van der Waals surface area contributed by atoms with Crippen LogP contribution >= 0.6 is 0 Å². The highest BCUT2D eigenvalue weighted by Gasteiger charge is 2.36.